The van der Waals surface area contributed by atoms with E-state index in [2.05, 4.69) is 5.32 Å². The maximum Gasteiger partial charge on any atom is 0.245 e. The molecule has 104 valence electrons. The van der Waals surface area contributed by atoms with Gasteiger partial charge in [0.15, 0.2) is 9.84 Å². The first-order valence-corrected chi connectivity index (χ1v) is 7.92. The van der Waals surface area contributed by atoms with Crippen LogP contribution in [0.3, 0.4) is 0 Å². The van der Waals surface area contributed by atoms with Crippen LogP contribution in [0.15, 0.2) is 0 Å². The van der Waals surface area contributed by atoms with Crippen LogP contribution in [0, 0.1) is 0 Å². The summed E-state index contributed by atoms with van der Waals surface area (Å²) < 4.78 is 23.2. The molecule has 0 aromatic heterocycles. The molecule has 7 heteroatoms. The van der Waals surface area contributed by atoms with Gasteiger partial charge < -0.3 is 10.2 Å². The summed E-state index contributed by atoms with van der Waals surface area (Å²) in [5.41, 5.74) is 0. The lowest BCUT2D eigenvalue weighted by molar-refractivity contribution is -0.147. The molecule has 18 heavy (non-hydrogen) atoms. The number of hydrogen-bond acceptors (Lipinski definition) is 4. The average molecular weight is 276 g/mol. The van der Waals surface area contributed by atoms with Crippen molar-refractivity contribution in [3.8, 4) is 0 Å². The summed E-state index contributed by atoms with van der Waals surface area (Å²) in [6.07, 6.45) is 0.558. The highest BCUT2D eigenvalue weighted by molar-refractivity contribution is 7.91. The van der Waals surface area contributed by atoms with Crippen LogP contribution in [0.5, 0.6) is 0 Å². The maximum atomic E-state index is 11.9. The Balaban J connectivity index is 2.70. The Morgan fingerprint density at radius 1 is 1.22 bits per heavy atom. The van der Waals surface area contributed by atoms with Crippen LogP contribution >= 0.6 is 0 Å². The van der Waals surface area contributed by atoms with Gasteiger partial charge in [-0.25, -0.2) is 8.42 Å². The number of sulfone groups is 1. The molecule has 1 fully saturated rings. The highest BCUT2D eigenvalue weighted by atomic mass is 32.2. The molecule has 0 radical (unpaired) electrons. The second kappa shape index (κ2) is 5.69. The van der Waals surface area contributed by atoms with Crippen molar-refractivity contribution in [1.29, 1.82) is 0 Å². The highest BCUT2D eigenvalue weighted by Gasteiger charge is 2.35. The minimum atomic E-state index is -3.14. The van der Waals surface area contributed by atoms with E-state index < -0.39 is 21.9 Å². The molecular weight excluding hydrogens is 256 g/mol. The minimum absolute atomic E-state index is 0.0834. The lowest BCUT2D eigenvalue weighted by atomic mass is 10.1. The second-order valence-electron chi connectivity index (χ2n) is 4.59. The third-order valence-electron chi connectivity index (χ3n) is 3.02. The Kier molecular flexibility index (Phi) is 4.72. The number of hydrogen-bond donors (Lipinski definition) is 1. The molecule has 2 unspecified atom stereocenters. The number of piperazine rings is 1. The maximum absolute atomic E-state index is 11.9. The van der Waals surface area contributed by atoms with E-state index in [1.165, 1.54) is 4.90 Å². The molecule has 2 amide bonds. The Hall–Kier alpha value is -1.11. The van der Waals surface area contributed by atoms with E-state index in [9.17, 15) is 18.0 Å². The van der Waals surface area contributed by atoms with Crippen molar-refractivity contribution in [2.24, 2.45) is 0 Å². The summed E-state index contributed by atoms with van der Waals surface area (Å²) in [5.74, 6) is -0.439. The van der Waals surface area contributed by atoms with Crippen LogP contribution in [-0.4, -0.2) is 55.3 Å². The lowest BCUT2D eigenvalue weighted by Crippen LogP contribution is -2.62. The van der Waals surface area contributed by atoms with Gasteiger partial charge >= 0.3 is 0 Å². The third-order valence-corrected chi connectivity index (χ3v) is 4.85. The Morgan fingerprint density at radius 2 is 1.83 bits per heavy atom. The van der Waals surface area contributed by atoms with E-state index in [1.54, 1.807) is 20.8 Å². The van der Waals surface area contributed by atoms with Crippen LogP contribution in [0.4, 0.5) is 0 Å². The predicted molar refractivity (Wildman–Crippen MR) is 67.7 cm³/mol. The first kappa shape index (κ1) is 14.9. The first-order chi connectivity index (χ1) is 8.28. The molecule has 1 aliphatic rings. The average Bonchev–Trinajstić information content (AvgIpc) is 2.26. The largest absolute Gasteiger partial charge is 0.343 e. The van der Waals surface area contributed by atoms with Crippen molar-refractivity contribution >= 4 is 21.7 Å². The first-order valence-electron chi connectivity index (χ1n) is 6.09. The van der Waals surface area contributed by atoms with E-state index in [1.807, 2.05) is 0 Å². The van der Waals surface area contributed by atoms with E-state index in [0.29, 0.717) is 6.42 Å². The topological polar surface area (TPSA) is 83.6 Å². The van der Waals surface area contributed by atoms with Gasteiger partial charge in [0.2, 0.25) is 11.8 Å². The quantitative estimate of drug-likeness (QED) is 0.737. The van der Waals surface area contributed by atoms with Gasteiger partial charge in [-0.3, -0.25) is 9.59 Å². The van der Waals surface area contributed by atoms with Gasteiger partial charge in [-0.2, -0.15) is 0 Å². The fraction of sp³-hybridized carbons (Fsp3) is 0.818. The summed E-state index contributed by atoms with van der Waals surface area (Å²) in [5, 5.41) is 2.55. The lowest BCUT2D eigenvalue weighted by Gasteiger charge is -2.36. The molecule has 0 aromatic carbocycles. The van der Waals surface area contributed by atoms with E-state index in [0.717, 1.165) is 0 Å². The molecule has 0 saturated carbocycles. The van der Waals surface area contributed by atoms with Crippen LogP contribution in [0.25, 0.3) is 0 Å². The van der Waals surface area contributed by atoms with Crippen LogP contribution < -0.4 is 5.32 Å². The molecule has 1 N–H and O–H groups in total. The standard InChI is InChI=1S/C11H20N2O4S/c1-4-6-18(16,17)7-5-13-9(3)10(14)12-8(2)11(13)15/h8-9H,4-7H2,1-3H3,(H,12,14). The molecule has 0 aromatic rings. The molecule has 0 bridgehead atoms. The number of nitrogens with zero attached hydrogens (tertiary/aromatic N) is 1. The van der Waals surface area contributed by atoms with Crippen LogP contribution in [-0.2, 0) is 19.4 Å². The summed E-state index contributed by atoms with van der Waals surface area (Å²) >= 11 is 0. The number of amides is 2. The summed E-state index contributed by atoms with van der Waals surface area (Å²) in [6.45, 7) is 5.08. The fourth-order valence-corrected chi connectivity index (χ4v) is 3.23. The smallest absolute Gasteiger partial charge is 0.245 e. The van der Waals surface area contributed by atoms with Crippen LogP contribution in [0.1, 0.15) is 27.2 Å². The van der Waals surface area contributed by atoms with Crippen molar-refractivity contribution in [2.45, 2.75) is 39.3 Å². The molecular formula is C11H20N2O4S. The van der Waals surface area contributed by atoms with E-state index >= 15 is 0 Å². The molecule has 0 aliphatic carbocycles. The van der Waals surface area contributed by atoms with Gasteiger partial charge in [0.05, 0.1) is 5.75 Å². The minimum Gasteiger partial charge on any atom is -0.343 e. The summed E-state index contributed by atoms with van der Waals surface area (Å²) in [7, 11) is -3.14. The Bertz CT molecular complexity index is 432. The summed E-state index contributed by atoms with van der Waals surface area (Å²) in [4.78, 5) is 24.8. The molecule has 6 nitrogen and oxygen atoms in total. The van der Waals surface area contributed by atoms with Gasteiger partial charge in [0.25, 0.3) is 0 Å². The van der Waals surface area contributed by atoms with Gasteiger partial charge in [-0.15, -0.1) is 0 Å². The third kappa shape index (κ3) is 3.44. The van der Waals surface area contributed by atoms with Gasteiger partial charge in [-0.1, -0.05) is 6.92 Å². The number of carbonyl (C=O) groups is 2. The van der Waals surface area contributed by atoms with Crippen LogP contribution in [0.2, 0.25) is 0 Å². The highest BCUT2D eigenvalue weighted by Crippen LogP contribution is 2.10. The molecule has 1 aliphatic heterocycles. The zero-order valence-electron chi connectivity index (χ0n) is 11.0. The molecule has 0 spiro atoms. The zero-order chi connectivity index (χ0) is 13.9. The Labute approximate surface area is 108 Å². The van der Waals surface area contributed by atoms with Crippen molar-refractivity contribution in [3.63, 3.8) is 0 Å². The number of nitrogens with one attached hydrogen (secondary N) is 1. The van der Waals surface area contributed by atoms with Gasteiger partial charge in [-0.05, 0) is 20.3 Å². The normalized spacial score (nSPS) is 25.2. The number of rotatable bonds is 5. The monoisotopic (exact) mass is 276 g/mol. The predicted octanol–water partition coefficient (Wildman–Crippen LogP) is -0.453. The van der Waals surface area contributed by atoms with Crippen molar-refractivity contribution < 1.29 is 18.0 Å². The van der Waals surface area contributed by atoms with Gasteiger partial charge in [0, 0.05) is 12.3 Å². The molecule has 1 rings (SSSR count). The SMILES string of the molecule is CCCS(=O)(=O)CCN1C(=O)C(C)NC(=O)C1C. The molecule has 2 atom stereocenters. The van der Waals surface area contributed by atoms with Gasteiger partial charge in [0.1, 0.15) is 12.1 Å². The zero-order valence-corrected chi connectivity index (χ0v) is 11.8. The van der Waals surface area contributed by atoms with E-state index in [-0.39, 0.29) is 29.9 Å². The van der Waals surface area contributed by atoms with Crippen molar-refractivity contribution in [2.75, 3.05) is 18.1 Å². The Morgan fingerprint density at radius 3 is 2.39 bits per heavy atom. The van der Waals surface area contributed by atoms with Crippen molar-refractivity contribution in [3.05, 3.63) is 0 Å². The van der Waals surface area contributed by atoms with Crippen molar-refractivity contribution in [1.82, 2.24) is 10.2 Å². The molecule has 1 saturated heterocycles. The van der Waals surface area contributed by atoms with E-state index in [4.69, 9.17) is 0 Å². The second-order valence-corrected chi connectivity index (χ2v) is 6.89. The fourth-order valence-electron chi connectivity index (χ4n) is 1.93. The molecule has 1 heterocycles. The summed E-state index contributed by atoms with van der Waals surface area (Å²) in [6, 6.07) is -1.19. The number of carbonyl (C=O) groups excluding carboxylic acids is 2.